The van der Waals surface area contributed by atoms with Crippen molar-refractivity contribution in [1.82, 2.24) is 0 Å². The molecular formula is C14H17F4NO2. The highest BCUT2D eigenvalue weighted by Crippen LogP contribution is 2.36. The van der Waals surface area contributed by atoms with Crippen LogP contribution in [0.2, 0.25) is 0 Å². The van der Waals surface area contributed by atoms with Crippen molar-refractivity contribution in [3.05, 3.63) is 29.8 Å². The third-order valence-electron chi connectivity index (χ3n) is 3.55. The average molecular weight is 307 g/mol. The maximum atomic E-state index is 13.1. The number of benzene rings is 1. The van der Waals surface area contributed by atoms with Gasteiger partial charge in [-0.05, 0) is 24.8 Å². The summed E-state index contributed by atoms with van der Waals surface area (Å²) < 4.78 is 60.1. The fourth-order valence-corrected chi connectivity index (χ4v) is 2.37. The largest absolute Gasteiger partial charge is 0.461 e. The lowest BCUT2D eigenvalue weighted by atomic mass is 9.87. The molecule has 1 heterocycles. The first-order valence-corrected chi connectivity index (χ1v) is 6.69. The van der Waals surface area contributed by atoms with Crippen LogP contribution < -0.4 is 10.5 Å². The summed E-state index contributed by atoms with van der Waals surface area (Å²) in [6, 6.07) is 5.25. The van der Waals surface area contributed by atoms with Gasteiger partial charge < -0.3 is 15.2 Å². The zero-order valence-electron chi connectivity index (χ0n) is 11.3. The smallest absolute Gasteiger partial charge is 0.428 e. The van der Waals surface area contributed by atoms with E-state index in [0.29, 0.717) is 31.6 Å². The molecule has 21 heavy (non-hydrogen) atoms. The van der Waals surface area contributed by atoms with Gasteiger partial charge >= 0.3 is 12.5 Å². The van der Waals surface area contributed by atoms with E-state index in [2.05, 4.69) is 4.74 Å². The number of hydrogen-bond donors (Lipinski definition) is 1. The lowest BCUT2D eigenvalue weighted by Gasteiger charge is -2.29. The van der Waals surface area contributed by atoms with Gasteiger partial charge in [-0.1, -0.05) is 18.2 Å². The van der Waals surface area contributed by atoms with Crippen molar-refractivity contribution in [1.29, 1.82) is 0 Å². The molecule has 0 bridgehead atoms. The highest BCUT2D eigenvalue weighted by Gasteiger charge is 2.44. The van der Waals surface area contributed by atoms with E-state index < -0.39 is 18.6 Å². The number of para-hydroxylation sites is 1. The van der Waals surface area contributed by atoms with Gasteiger partial charge in [0.25, 0.3) is 0 Å². The van der Waals surface area contributed by atoms with Crippen LogP contribution >= 0.6 is 0 Å². The molecular weight excluding hydrogens is 290 g/mol. The van der Waals surface area contributed by atoms with Crippen molar-refractivity contribution in [2.24, 2.45) is 11.7 Å². The lowest BCUT2D eigenvalue weighted by Crippen LogP contribution is -2.34. The summed E-state index contributed by atoms with van der Waals surface area (Å²) in [4.78, 5) is 0. The second kappa shape index (κ2) is 6.62. The van der Waals surface area contributed by atoms with Gasteiger partial charge in [-0.3, -0.25) is 0 Å². The fraction of sp³-hybridized carbons (Fsp3) is 0.571. The number of halogens is 4. The molecule has 0 saturated carbocycles. The normalized spacial score (nSPS) is 18.8. The molecule has 1 aliphatic heterocycles. The molecule has 1 aromatic rings. The zero-order chi connectivity index (χ0) is 15.5. The molecule has 0 radical (unpaired) electrons. The summed E-state index contributed by atoms with van der Waals surface area (Å²) in [5.41, 5.74) is 6.41. The molecule has 0 amide bonds. The molecule has 2 N–H and O–H groups in total. The van der Waals surface area contributed by atoms with Gasteiger partial charge in [-0.2, -0.15) is 17.6 Å². The van der Waals surface area contributed by atoms with Crippen LogP contribution in [-0.4, -0.2) is 25.7 Å². The van der Waals surface area contributed by atoms with Crippen molar-refractivity contribution >= 4 is 0 Å². The molecule has 1 saturated heterocycles. The standard InChI is InChI=1S/C14H17F4NO2/c15-13(16)14(17,18)21-11-4-2-1-3-10(11)12(19)9-5-7-20-8-6-9/h1-4,9,12-13H,5-8,19H2/t12-/m1/s1. The monoisotopic (exact) mass is 307 g/mol. The Kier molecular flexibility index (Phi) is 5.05. The van der Waals surface area contributed by atoms with Gasteiger partial charge in [0.1, 0.15) is 5.75 Å². The van der Waals surface area contributed by atoms with Crippen LogP contribution in [0.5, 0.6) is 5.75 Å². The zero-order valence-corrected chi connectivity index (χ0v) is 11.3. The Balaban J connectivity index is 2.19. The Morgan fingerprint density at radius 3 is 2.43 bits per heavy atom. The van der Waals surface area contributed by atoms with Gasteiger partial charge in [0.05, 0.1) is 0 Å². The minimum absolute atomic E-state index is 0.0451. The van der Waals surface area contributed by atoms with Gasteiger partial charge in [0, 0.05) is 24.8 Å². The topological polar surface area (TPSA) is 44.5 Å². The second-order valence-electron chi connectivity index (χ2n) is 4.98. The molecule has 0 spiro atoms. The van der Waals surface area contributed by atoms with Gasteiger partial charge in [0.2, 0.25) is 0 Å². The van der Waals surface area contributed by atoms with Crippen LogP contribution in [0, 0.1) is 5.92 Å². The quantitative estimate of drug-likeness (QED) is 0.849. The molecule has 7 heteroatoms. The Morgan fingerprint density at radius 1 is 1.19 bits per heavy atom. The molecule has 3 nitrogen and oxygen atoms in total. The minimum Gasteiger partial charge on any atom is -0.428 e. The number of hydrogen-bond acceptors (Lipinski definition) is 3. The van der Waals surface area contributed by atoms with Crippen molar-refractivity contribution in [3.63, 3.8) is 0 Å². The molecule has 1 atom stereocenters. The molecule has 1 aliphatic rings. The number of ether oxygens (including phenoxy) is 2. The van der Waals surface area contributed by atoms with E-state index in [1.54, 1.807) is 6.07 Å². The third kappa shape index (κ3) is 3.85. The molecule has 1 aromatic carbocycles. The fourth-order valence-electron chi connectivity index (χ4n) is 2.37. The Hall–Kier alpha value is -1.34. The average Bonchev–Trinajstić information content (AvgIpc) is 2.47. The van der Waals surface area contributed by atoms with Crippen LogP contribution in [0.4, 0.5) is 17.6 Å². The molecule has 118 valence electrons. The van der Waals surface area contributed by atoms with Gasteiger partial charge in [-0.25, -0.2) is 0 Å². The van der Waals surface area contributed by atoms with E-state index in [1.807, 2.05) is 0 Å². The van der Waals surface area contributed by atoms with Crippen LogP contribution in [0.3, 0.4) is 0 Å². The van der Waals surface area contributed by atoms with Crippen molar-refractivity contribution in [3.8, 4) is 5.75 Å². The molecule has 0 aromatic heterocycles. The van der Waals surface area contributed by atoms with Crippen LogP contribution in [0.1, 0.15) is 24.4 Å². The molecule has 2 rings (SSSR count). The Morgan fingerprint density at radius 2 is 1.81 bits per heavy atom. The summed E-state index contributed by atoms with van der Waals surface area (Å²) in [5.74, 6) is -0.259. The van der Waals surface area contributed by atoms with E-state index in [9.17, 15) is 17.6 Å². The highest BCUT2D eigenvalue weighted by atomic mass is 19.3. The van der Waals surface area contributed by atoms with Gasteiger partial charge in [-0.15, -0.1) is 0 Å². The van der Waals surface area contributed by atoms with Crippen LogP contribution in [-0.2, 0) is 4.74 Å². The van der Waals surface area contributed by atoms with Crippen molar-refractivity contribution < 1.29 is 27.0 Å². The summed E-state index contributed by atoms with van der Waals surface area (Å²) >= 11 is 0. The summed E-state index contributed by atoms with van der Waals surface area (Å²) in [7, 11) is 0. The van der Waals surface area contributed by atoms with Crippen LogP contribution in [0.15, 0.2) is 24.3 Å². The lowest BCUT2D eigenvalue weighted by molar-refractivity contribution is -0.253. The van der Waals surface area contributed by atoms with Crippen LogP contribution in [0.25, 0.3) is 0 Å². The number of rotatable bonds is 5. The van der Waals surface area contributed by atoms with E-state index >= 15 is 0 Å². The summed E-state index contributed by atoms with van der Waals surface area (Å²) in [6.07, 6.45) is -7.04. The second-order valence-corrected chi connectivity index (χ2v) is 4.98. The SMILES string of the molecule is N[C@@H](c1ccccc1OC(F)(F)C(F)F)C1CCOCC1. The van der Waals surface area contributed by atoms with E-state index in [0.717, 1.165) is 0 Å². The first-order chi connectivity index (χ1) is 9.92. The first kappa shape index (κ1) is 16.0. The number of alkyl halides is 4. The first-order valence-electron chi connectivity index (χ1n) is 6.69. The Bertz CT molecular complexity index is 464. The van der Waals surface area contributed by atoms with E-state index in [1.165, 1.54) is 18.2 Å². The van der Waals surface area contributed by atoms with E-state index in [4.69, 9.17) is 10.5 Å². The predicted molar refractivity (Wildman–Crippen MR) is 68.5 cm³/mol. The van der Waals surface area contributed by atoms with Crippen molar-refractivity contribution in [2.45, 2.75) is 31.4 Å². The maximum Gasteiger partial charge on any atom is 0.461 e. The van der Waals surface area contributed by atoms with Gasteiger partial charge in [0.15, 0.2) is 0 Å². The van der Waals surface area contributed by atoms with E-state index in [-0.39, 0.29) is 11.7 Å². The number of nitrogens with two attached hydrogens (primary N) is 1. The molecule has 0 unspecified atom stereocenters. The summed E-state index contributed by atoms with van der Waals surface area (Å²) in [5, 5.41) is 0. The molecule has 1 fully saturated rings. The Labute approximate surface area is 120 Å². The summed E-state index contributed by atoms with van der Waals surface area (Å²) in [6.45, 7) is 1.10. The third-order valence-corrected chi connectivity index (χ3v) is 3.55. The molecule has 0 aliphatic carbocycles. The minimum atomic E-state index is -4.54. The predicted octanol–water partition coefficient (Wildman–Crippen LogP) is 3.35. The van der Waals surface area contributed by atoms with Crippen molar-refractivity contribution in [2.75, 3.05) is 13.2 Å². The highest BCUT2D eigenvalue weighted by molar-refractivity contribution is 5.36. The maximum absolute atomic E-state index is 13.1.